The third-order valence-electron chi connectivity index (χ3n) is 0.365. The molecule has 5 heteroatoms. The Morgan fingerprint density at radius 2 is 1.78 bits per heavy atom. The van der Waals surface area contributed by atoms with E-state index in [-0.39, 0.29) is 5.75 Å². The van der Waals surface area contributed by atoms with Gasteiger partial charge in [-0.25, -0.2) is 0 Å². The Bertz CT molecular complexity index is 149. The summed E-state index contributed by atoms with van der Waals surface area (Å²) in [6, 6.07) is 0. The molecule has 0 heterocycles. The Morgan fingerprint density at radius 3 is 1.78 bits per heavy atom. The second-order valence-electron chi connectivity index (χ2n) is 1.16. The van der Waals surface area contributed by atoms with Crippen molar-refractivity contribution in [3.63, 3.8) is 0 Å². The summed E-state index contributed by atoms with van der Waals surface area (Å²) in [6.07, 6.45) is 0. The molecule has 0 aromatic rings. The molecule has 0 aromatic carbocycles. The first-order valence-electron chi connectivity index (χ1n) is 2.38. The molecule has 0 saturated carbocycles. The van der Waals surface area contributed by atoms with Gasteiger partial charge >= 0.3 is 0 Å². The standard InChI is InChI=1S/C2H6O3S.C2H5P/c1-2-6(3,4)5;1-2-3/h2H2,1H3,(H,3,4,5);2-3H,1H3. The molecule has 0 aliphatic carbocycles. The summed E-state index contributed by atoms with van der Waals surface area (Å²) in [4.78, 5) is 0. The molecule has 0 spiro atoms. The molecular formula is C4H11O3PS. The summed E-state index contributed by atoms with van der Waals surface area (Å²) in [5.41, 5.74) is 0. The summed E-state index contributed by atoms with van der Waals surface area (Å²) in [5, 5.41) is 0. The van der Waals surface area contributed by atoms with Gasteiger partial charge in [-0.2, -0.15) is 8.42 Å². The lowest BCUT2D eigenvalue weighted by Crippen LogP contribution is -1.97. The van der Waals surface area contributed by atoms with Crippen LogP contribution in [0.2, 0.25) is 0 Å². The Kier molecular flexibility index (Phi) is 8.15. The van der Waals surface area contributed by atoms with E-state index in [0.717, 1.165) is 0 Å². The van der Waals surface area contributed by atoms with Crippen LogP contribution in [0.15, 0.2) is 0 Å². The van der Waals surface area contributed by atoms with E-state index >= 15 is 0 Å². The lowest BCUT2D eigenvalue weighted by atomic mass is 11.0. The van der Waals surface area contributed by atoms with Gasteiger partial charge in [-0.05, 0) is 13.8 Å². The number of rotatable bonds is 1. The van der Waals surface area contributed by atoms with Crippen LogP contribution in [0.1, 0.15) is 13.8 Å². The van der Waals surface area contributed by atoms with Crippen LogP contribution in [0.3, 0.4) is 0 Å². The first-order chi connectivity index (χ1) is 3.97. The fraction of sp³-hybridized carbons (Fsp3) is 0.750. The smallest absolute Gasteiger partial charge is 0.264 e. The van der Waals surface area contributed by atoms with Crippen molar-refractivity contribution in [1.29, 1.82) is 0 Å². The van der Waals surface area contributed by atoms with E-state index in [0.29, 0.717) is 0 Å². The van der Waals surface area contributed by atoms with Crippen molar-refractivity contribution in [2.45, 2.75) is 13.8 Å². The van der Waals surface area contributed by atoms with E-state index in [2.05, 4.69) is 8.86 Å². The second kappa shape index (κ2) is 6.20. The van der Waals surface area contributed by atoms with Crippen LogP contribution in [0, 0.1) is 0 Å². The maximum atomic E-state index is 9.56. The largest absolute Gasteiger partial charge is 0.286 e. The Balaban J connectivity index is 0. The van der Waals surface area contributed by atoms with Gasteiger partial charge < -0.3 is 0 Å². The van der Waals surface area contributed by atoms with Crippen molar-refractivity contribution in [3.05, 3.63) is 0 Å². The zero-order valence-corrected chi connectivity index (χ0v) is 7.27. The highest BCUT2D eigenvalue weighted by Crippen LogP contribution is 1.74. The molecule has 0 bridgehead atoms. The summed E-state index contributed by atoms with van der Waals surface area (Å²) in [7, 11) is -0.603. The normalized spacial score (nSPS) is 9.22. The fourth-order valence-corrected chi connectivity index (χ4v) is 0. The Morgan fingerprint density at radius 1 is 1.67 bits per heavy atom. The van der Waals surface area contributed by atoms with E-state index in [1.54, 1.807) is 5.80 Å². The lowest BCUT2D eigenvalue weighted by Gasteiger charge is -1.79. The van der Waals surface area contributed by atoms with Crippen molar-refractivity contribution >= 4 is 24.8 Å². The van der Waals surface area contributed by atoms with Crippen LogP contribution < -0.4 is 0 Å². The highest BCUT2D eigenvalue weighted by molar-refractivity contribution is 7.85. The summed E-state index contributed by atoms with van der Waals surface area (Å²) < 4.78 is 26.9. The van der Waals surface area contributed by atoms with Crippen molar-refractivity contribution in [3.8, 4) is 0 Å². The van der Waals surface area contributed by atoms with Gasteiger partial charge in [0, 0.05) is 0 Å². The molecule has 1 N–H and O–H groups in total. The van der Waals surface area contributed by atoms with Crippen LogP contribution in [0.4, 0.5) is 0 Å². The quantitative estimate of drug-likeness (QED) is 0.468. The van der Waals surface area contributed by atoms with Gasteiger partial charge in [-0.15, -0.1) is 8.86 Å². The zero-order chi connectivity index (χ0) is 7.91. The highest BCUT2D eigenvalue weighted by Gasteiger charge is 1.93. The van der Waals surface area contributed by atoms with Gasteiger partial charge in [0.25, 0.3) is 10.1 Å². The van der Waals surface area contributed by atoms with Crippen LogP contribution in [0.5, 0.6) is 0 Å². The summed E-state index contributed by atoms with van der Waals surface area (Å²) in [6.45, 7) is 3.28. The van der Waals surface area contributed by atoms with Crippen LogP contribution in [-0.4, -0.2) is 24.5 Å². The molecule has 0 amide bonds. The summed E-state index contributed by atoms with van der Waals surface area (Å²) >= 11 is 0. The summed E-state index contributed by atoms with van der Waals surface area (Å²) in [5.74, 6) is 1.60. The Hall–Kier alpha value is 0.0800. The van der Waals surface area contributed by atoms with Gasteiger partial charge in [0.05, 0.1) is 5.75 Å². The van der Waals surface area contributed by atoms with Gasteiger partial charge in [-0.3, -0.25) is 4.55 Å². The van der Waals surface area contributed by atoms with Crippen molar-refractivity contribution in [2.24, 2.45) is 0 Å². The van der Waals surface area contributed by atoms with E-state index in [1.807, 2.05) is 6.92 Å². The molecule has 3 nitrogen and oxygen atoms in total. The molecule has 9 heavy (non-hydrogen) atoms. The molecule has 56 valence electrons. The predicted molar refractivity (Wildman–Crippen MR) is 42.1 cm³/mol. The topological polar surface area (TPSA) is 54.4 Å². The average Bonchev–Trinajstić information content (AvgIpc) is 1.67. The van der Waals surface area contributed by atoms with E-state index in [4.69, 9.17) is 4.55 Å². The fourth-order valence-electron chi connectivity index (χ4n) is 0. The minimum atomic E-state index is -3.66. The molecule has 0 rings (SSSR count). The first kappa shape index (κ1) is 11.8. The SMILES string of the molecule is CC=P.CCS(=O)(=O)O. The average molecular weight is 170 g/mol. The van der Waals surface area contributed by atoms with Crippen molar-refractivity contribution in [2.75, 3.05) is 5.75 Å². The second-order valence-corrected chi connectivity index (χ2v) is 3.48. The van der Waals surface area contributed by atoms with Crippen molar-refractivity contribution in [1.82, 2.24) is 0 Å². The van der Waals surface area contributed by atoms with Crippen molar-refractivity contribution < 1.29 is 13.0 Å². The molecule has 0 atom stereocenters. The first-order valence-corrected chi connectivity index (χ1v) is 4.56. The molecule has 0 fully saturated rings. The molecule has 0 aliphatic heterocycles. The molecule has 0 aliphatic rings. The number of hydrogen-bond acceptors (Lipinski definition) is 2. The van der Waals surface area contributed by atoms with E-state index in [9.17, 15) is 8.42 Å². The van der Waals surface area contributed by atoms with Gasteiger partial charge in [0.2, 0.25) is 0 Å². The zero-order valence-electron chi connectivity index (χ0n) is 5.46. The monoisotopic (exact) mass is 170 g/mol. The minimum Gasteiger partial charge on any atom is -0.286 e. The number of hydrogen-bond donors (Lipinski definition) is 1. The highest BCUT2D eigenvalue weighted by atomic mass is 32.2. The third kappa shape index (κ3) is 31.5. The molecule has 0 radical (unpaired) electrons. The van der Waals surface area contributed by atoms with E-state index < -0.39 is 10.1 Å². The third-order valence-corrected chi connectivity index (χ3v) is 1.09. The van der Waals surface area contributed by atoms with Crippen LogP contribution in [0.25, 0.3) is 0 Å². The van der Waals surface area contributed by atoms with Gasteiger partial charge in [-0.1, -0.05) is 5.80 Å². The maximum Gasteiger partial charge on any atom is 0.264 e. The van der Waals surface area contributed by atoms with E-state index in [1.165, 1.54) is 6.92 Å². The molecule has 0 unspecified atom stereocenters. The Labute approximate surface area is 58.1 Å². The van der Waals surface area contributed by atoms with Gasteiger partial charge in [0.1, 0.15) is 0 Å². The van der Waals surface area contributed by atoms with Crippen LogP contribution in [-0.2, 0) is 10.1 Å². The molecule has 0 aromatic heterocycles. The maximum absolute atomic E-state index is 9.56. The van der Waals surface area contributed by atoms with Crippen LogP contribution >= 0.6 is 8.86 Å². The minimum absolute atomic E-state index is 0.201. The predicted octanol–water partition coefficient (Wildman–Crippen LogP) is 0.845. The molecular weight excluding hydrogens is 159 g/mol. The molecule has 0 saturated heterocycles. The lowest BCUT2D eigenvalue weighted by molar-refractivity contribution is 0.484. The van der Waals surface area contributed by atoms with Gasteiger partial charge in [0.15, 0.2) is 0 Å².